The summed E-state index contributed by atoms with van der Waals surface area (Å²) in [5.74, 6) is 0.590. The normalized spacial score (nSPS) is 12.1. The van der Waals surface area contributed by atoms with E-state index in [9.17, 15) is 4.79 Å². The number of aliphatic imine (C=N–C) groups is 1. The fourth-order valence-electron chi connectivity index (χ4n) is 1.83. The van der Waals surface area contributed by atoms with E-state index in [1.54, 1.807) is 11.3 Å². The van der Waals surface area contributed by atoms with Gasteiger partial charge in [-0.1, -0.05) is 6.92 Å². The predicted octanol–water partition coefficient (Wildman–Crippen LogP) is 2.28. The zero-order valence-electron chi connectivity index (χ0n) is 14.2. The molecule has 0 atom stereocenters. The van der Waals surface area contributed by atoms with Gasteiger partial charge in [0, 0.05) is 21.8 Å². The number of hydrogen-bond donors (Lipinski definition) is 3. The largest absolute Gasteiger partial charge is 0.357 e. The molecule has 3 N–H and O–H groups in total. The van der Waals surface area contributed by atoms with E-state index in [1.807, 2.05) is 27.7 Å². The Kier molecular flexibility index (Phi) is 7.38. The molecule has 22 heavy (non-hydrogen) atoms. The molecule has 1 heterocycles. The van der Waals surface area contributed by atoms with Gasteiger partial charge in [-0.3, -0.25) is 4.79 Å². The quantitative estimate of drug-likeness (QED) is 0.555. The maximum Gasteiger partial charge on any atom is 0.242 e. The molecule has 124 valence electrons. The van der Waals surface area contributed by atoms with E-state index in [0.29, 0.717) is 5.96 Å². The molecule has 1 amide bonds. The fourth-order valence-corrected chi connectivity index (χ4v) is 2.73. The summed E-state index contributed by atoms with van der Waals surface area (Å²) in [5.41, 5.74) is -0.230. The van der Waals surface area contributed by atoms with Crippen LogP contribution in [0.5, 0.6) is 0 Å². The molecule has 0 saturated carbocycles. The second-order valence-electron chi connectivity index (χ2n) is 6.07. The van der Waals surface area contributed by atoms with Crippen LogP contribution in [0.4, 0.5) is 0 Å². The number of rotatable bonds is 6. The molecule has 0 unspecified atom stereocenters. The minimum Gasteiger partial charge on any atom is -0.357 e. The first-order valence-electron chi connectivity index (χ1n) is 7.74. The Balaban J connectivity index is 2.53. The third-order valence-corrected chi connectivity index (χ3v) is 3.96. The topological polar surface area (TPSA) is 65.5 Å². The Bertz CT molecular complexity index is 502. The minimum absolute atomic E-state index is 0.0749. The fraction of sp³-hybridized carbons (Fsp3) is 0.625. The van der Waals surface area contributed by atoms with E-state index in [-0.39, 0.29) is 18.0 Å². The van der Waals surface area contributed by atoms with Gasteiger partial charge in [-0.15, -0.1) is 11.3 Å². The lowest BCUT2D eigenvalue weighted by atomic mass is 10.1. The van der Waals surface area contributed by atoms with Crippen molar-refractivity contribution in [2.75, 3.05) is 13.1 Å². The van der Waals surface area contributed by atoms with Crippen molar-refractivity contribution >= 4 is 23.2 Å². The number of thiophene rings is 1. The highest BCUT2D eigenvalue weighted by atomic mass is 32.1. The van der Waals surface area contributed by atoms with Gasteiger partial charge in [0.25, 0.3) is 0 Å². The molecule has 0 spiro atoms. The molecule has 0 radical (unpaired) electrons. The van der Waals surface area contributed by atoms with Crippen LogP contribution in [0.3, 0.4) is 0 Å². The maximum absolute atomic E-state index is 11.8. The van der Waals surface area contributed by atoms with Crippen molar-refractivity contribution in [1.29, 1.82) is 0 Å². The zero-order chi connectivity index (χ0) is 16.6. The van der Waals surface area contributed by atoms with Crippen molar-refractivity contribution < 1.29 is 4.79 Å². The molecule has 1 rings (SSSR count). The van der Waals surface area contributed by atoms with Crippen LogP contribution in [0.2, 0.25) is 0 Å². The van der Waals surface area contributed by atoms with Gasteiger partial charge in [-0.05, 0) is 46.2 Å². The standard InChI is InChI=1S/C16H28N4OS/c1-6-12-8-9-13(22-12)10-18-15(17-7-2)19-11-14(21)20-16(3,4)5/h8-9H,6-7,10-11H2,1-5H3,(H,20,21)(H2,17,18,19). The van der Waals surface area contributed by atoms with Crippen molar-refractivity contribution in [2.45, 2.75) is 53.1 Å². The molecule has 1 aromatic heterocycles. The van der Waals surface area contributed by atoms with Gasteiger partial charge >= 0.3 is 0 Å². The summed E-state index contributed by atoms with van der Waals surface area (Å²) in [5, 5.41) is 9.32. The number of nitrogens with one attached hydrogen (secondary N) is 3. The lowest BCUT2D eigenvalue weighted by Crippen LogP contribution is -2.43. The van der Waals surface area contributed by atoms with Gasteiger partial charge in [0.2, 0.25) is 5.91 Å². The van der Waals surface area contributed by atoms with Gasteiger partial charge < -0.3 is 16.0 Å². The lowest BCUT2D eigenvalue weighted by Gasteiger charge is -2.20. The van der Waals surface area contributed by atoms with E-state index < -0.39 is 0 Å². The Morgan fingerprint density at radius 2 is 1.86 bits per heavy atom. The van der Waals surface area contributed by atoms with E-state index in [0.717, 1.165) is 19.5 Å². The summed E-state index contributed by atoms with van der Waals surface area (Å²) < 4.78 is 0. The molecular weight excluding hydrogens is 296 g/mol. The average Bonchev–Trinajstić information content (AvgIpc) is 2.88. The first kappa shape index (κ1) is 18.5. The third kappa shape index (κ3) is 7.45. The number of carbonyl (C=O) groups excluding carboxylic acids is 1. The first-order valence-corrected chi connectivity index (χ1v) is 8.56. The second-order valence-corrected chi connectivity index (χ2v) is 7.32. The number of nitrogens with zero attached hydrogens (tertiary/aromatic N) is 1. The van der Waals surface area contributed by atoms with Crippen LogP contribution in [0.1, 0.15) is 44.4 Å². The molecule has 0 saturated heterocycles. The summed E-state index contributed by atoms with van der Waals surface area (Å²) in [7, 11) is 0. The van der Waals surface area contributed by atoms with Gasteiger partial charge in [-0.2, -0.15) is 0 Å². The van der Waals surface area contributed by atoms with Crippen LogP contribution in [0.15, 0.2) is 17.1 Å². The summed E-state index contributed by atoms with van der Waals surface area (Å²) in [4.78, 5) is 18.8. The van der Waals surface area contributed by atoms with E-state index in [2.05, 4.69) is 40.0 Å². The van der Waals surface area contributed by atoms with Crippen LogP contribution in [0.25, 0.3) is 0 Å². The number of guanidine groups is 1. The molecule has 5 nitrogen and oxygen atoms in total. The number of carbonyl (C=O) groups is 1. The van der Waals surface area contributed by atoms with Crippen molar-refractivity contribution in [1.82, 2.24) is 16.0 Å². The van der Waals surface area contributed by atoms with Crippen LogP contribution in [-0.2, 0) is 17.8 Å². The minimum atomic E-state index is -0.230. The molecule has 0 aliphatic rings. The Morgan fingerprint density at radius 1 is 1.18 bits per heavy atom. The highest BCUT2D eigenvalue weighted by Gasteiger charge is 2.13. The summed E-state index contributed by atoms with van der Waals surface area (Å²) in [6.07, 6.45) is 1.06. The van der Waals surface area contributed by atoms with Crippen LogP contribution >= 0.6 is 11.3 Å². The van der Waals surface area contributed by atoms with Crippen molar-refractivity contribution in [3.05, 3.63) is 21.9 Å². The number of aryl methyl sites for hydroxylation is 1. The number of amides is 1. The monoisotopic (exact) mass is 324 g/mol. The highest BCUT2D eigenvalue weighted by Crippen LogP contribution is 2.16. The van der Waals surface area contributed by atoms with Gasteiger partial charge in [-0.25, -0.2) is 4.99 Å². The molecule has 1 aromatic rings. The zero-order valence-corrected chi connectivity index (χ0v) is 15.1. The van der Waals surface area contributed by atoms with E-state index in [1.165, 1.54) is 9.75 Å². The highest BCUT2D eigenvalue weighted by molar-refractivity contribution is 7.11. The average molecular weight is 324 g/mol. The second kappa shape index (κ2) is 8.78. The van der Waals surface area contributed by atoms with Crippen molar-refractivity contribution in [2.24, 2.45) is 4.99 Å². The molecule has 0 aromatic carbocycles. The smallest absolute Gasteiger partial charge is 0.242 e. The summed E-state index contributed by atoms with van der Waals surface area (Å²) in [6, 6.07) is 4.29. The SMILES string of the molecule is CCNC(=NCC(=O)NC(C)(C)C)NCc1ccc(CC)s1. The van der Waals surface area contributed by atoms with Crippen molar-refractivity contribution in [3.63, 3.8) is 0 Å². The van der Waals surface area contributed by atoms with Gasteiger partial charge in [0.1, 0.15) is 6.54 Å². The molecule has 0 bridgehead atoms. The van der Waals surface area contributed by atoms with Gasteiger partial charge in [0.15, 0.2) is 5.96 Å². The first-order chi connectivity index (χ1) is 10.3. The summed E-state index contributed by atoms with van der Waals surface area (Å²) >= 11 is 1.80. The van der Waals surface area contributed by atoms with Crippen LogP contribution in [-0.4, -0.2) is 30.5 Å². The van der Waals surface area contributed by atoms with Crippen LogP contribution < -0.4 is 16.0 Å². The molecule has 0 fully saturated rings. The van der Waals surface area contributed by atoms with Crippen LogP contribution in [0, 0.1) is 0 Å². The predicted molar refractivity (Wildman–Crippen MR) is 94.4 cm³/mol. The summed E-state index contributed by atoms with van der Waals surface area (Å²) in [6.45, 7) is 11.6. The molecule has 0 aliphatic carbocycles. The Morgan fingerprint density at radius 3 is 2.41 bits per heavy atom. The Hall–Kier alpha value is -1.56. The molecular formula is C16H28N4OS. The number of hydrogen-bond acceptors (Lipinski definition) is 3. The lowest BCUT2D eigenvalue weighted by molar-refractivity contribution is -0.121. The maximum atomic E-state index is 11.8. The van der Waals surface area contributed by atoms with E-state index in [4.69, 9.17) is 0 Å². The van der Waals surface area contributed by atoms with E-state index >= 15 is 0 Å². The van der Waals surface area contributed by atoms with Gasteiger partial charge in [0.05, 0.1) is 6.54 Å². The molecule has 0 aliphatic heterocycles. The Labute approximate surface area is 137 Å². The van der Waals surface area contributed by atoms with Crippen molar-refractivity contribution in [3.8, 4) is 0 Å². The third-order valence-electron chi connectivity index (χ3n) is 2.74. The molecule has 6 heteroatoms.